The molecule has 1 aromatic rings. The van der Waals surface area contributed by atoms with Crippen LogP contribution in [0.25, 0.3) is 0 Å². The molecule has 1 aliphatic rings. The first-order valence-corrected chi connectivity index (χ1v) is 6.49. The van der Waals surface area contributed by atoms with Crippen LogP contribution in [-0.4, -0.2) is 52.5 Å². The van der Waals surface area contributed by atoms with Crippen molar-refractivity contribution in [3.8, 4) is 0 Å². The van der Waals surface area contributed by atoms with Crippen LogP contribution in [0.4, 0.5) is 4.79 Å². The number of rotatable bonds is 1. The second-order valence-electron chi connectivity index (χ2n) is 4.40. The van der Waals surface area contributed by atoms with E-state index < -0.39 is 6.09 Å². The molecule has 0 aliphatic carbocycles. The van der Waals surface area contributed by atoms with E-state index in [9.17, 15) is 9.59 Å². The molecule has 0 radical (unpaired) electrons. The van der Waals surface area contributed by atoms with Gasteiger partial charge >= 0.3 is 6.09 Å². The minimum Gasteiger partial charge on any atom is -0.465 e. The highest BCUT2D eigenvalue weighted by atomic mass is 32.1. The minimum atomic E-state index is -0.920. The molecule has 0 saturated heterocycles. The van der Waals surface area contributed by atoms with Gasteiger partial charge in [-0.25, -0.2) is 9.78 Å². The van der Waals surface area contributed by atoms with Crippen LogP contribution in [-0.2, 0) is 13.0 Å². The highest BCUT2D eigenvalue weighted by molar-refractivity contribution is 7.13. The fourth-order valence-electron chi connectivity index (χ4n) is 1.84. The number of hydrogen-bond acceptors (Lipinski definition) is 4. The largest absolute Gasteiger partial charge is 0.465 e. The lowest BCUT2D eigenvalue weighted by Gasteiger charge is -2.15. The number of aryl methyl sites for hydroxylation is 1. The van der Waals surface area contributed by atoms with E-state index in [0.717, 1.165) is 23.4 Å². The number of amides is 2. The van der Waals surface area contributed by atoms with Crippen LogP contribution < -0.4 is 0 Å². The van der Waals surface area contributed by atoms with Crippen LogP contribution in [0, 0.1) is 0 Å². The highest BCUT2D eigenvalue weighted by Gasteiger charge is 2.24. The van der Waals surface area contributed by atoms with E-state index in [1.165, 1.54) is 21.1 Å². The van der Waals surface area contributed by atoms with Gasteiger partial charge in [0.05, 0.1) is 12.2 Å². The molecule has 18 heavy (non-hydrogen) atoms. The number of aromatic nitrogens is 1. The molecule has 2 amide bonds. The summed E-state index contributed by atoms with van der Waals surface area (Å²) in [5, 5.41) is 9.47. The van der Waals surface area contributed by atoms with Gasteiger partial charge in [0.15, 0.2) is 5.01 Å². The number of carboxylic acid groups (broad SMARTS) is 1. The Kier molecular flexibility index (Phi) is 3.51. The van der Waals surface area contributed by atoms with Crippen LogP contribution >= 0.6 is 11.3 Å². The zero-order valence-electron chi connectivity index (χ0n) is 10.3. The molecule has 2 rings (SSSR count). The molecule has 6 nitrogen and oxygen atoms in total. The normalized spacial score (nSPS) is 14.9. The molecule has 2 heterocycles. The van der Waals surface area contributed by atoms with E-state index in [2.05, 4.69) is 4.98 Å². The lowest BCUT2D eigenvalue weighted by Crippen LogP contribution is -2.28. The molecular formula is C11H15N3O3S. The third-order valence-electron chi connectivity index (χ3n) is 2.81. The molecule has 0 bridgehead atoms. The third-order valence-corrected chi connectivity index (χ3v) is 3.88. The maximum absolute atomic E-state index is 11.8. The number of fused-ring (bicyclic) bond motifs is 1. The standard InChI is InChI=1S/C11H15N3O3S/c1-13(2)10(15)9-12-7-4-3-5-14(11(16)17)6-8(7)18-9/h3-6H2,1-2H3,(H,16,17). The van der Waals surface area contributed by atoms with Gasteiger partial charge in [0, 0.05) is 25.5 Å². The molecule has 7 heteroatoms. The van der Waals surface area contributed by atoms with Gasteiger partial charge in [0.2, 0.25) is 0 Å². The Morgan fingerprint density at radius 2 is 2.17 bits per heavy atom. The summed E-state index contributed by atoms with van der Waals surface area (Å²) in [7, 11) is 3.36. The summed E-state index contributed by atoms with van der Waals surface area (Å²) in [5.41, 5.74) is 0.869. The maximum atomic E-state index is 11.8. The van der Waals surface area contributed by atoms with E-state index in [1.807, 2.05) is 0 Å². The molecule has 0 fully saturated rings. The molecule has 0 saturated carbocycles. The first kappa shape index (κ1) is 12.8. The second kappa shape index (κ2) is 4.93. The molecular weight excluding hydrogens is 254 g/mol. The van der Waals surface area contributed by atoms with Gasteiger partial charge in [-0.15, -0.1) is 11.3 Å². The lowest BCUT2D eigenvalue weighted by atomic mass is 10.2. The summed E-state index contributed by atoms with van der Waals surface area (Å²) in [6.07, 6.45) is 0.561. The Bertz CT molecular complexity index is 484. The molecule has 0 spiro atoms. The van der Waals surface area contributed by atoms with Gasteiger partial charge in [-0.2, -0.15) is 0 Å². The Morgan fingerprint density at radius 1 is 1.44 bits per heavy atom. The quantitative estimate of drug-likeness (QED) is 0.833. The zero-order chi connectivity index (χ0) is 13.3. The summed E-state index contributed by atoms with van der Waals surface area (Å²) in [6.45, 7) is 0.860. The first-order valence-electron chi connectivity index (χ1n) is 5.67. The summed E-state index contributed by atoms with van der Waals surface area (Å²) in [4.78, 5) is 30.9. The van der Waals surface area contributed by atoms with Crippen LogP contribution in [0.3, 0.4) is 0 Å². The fraction of sp³-hybridized carbons (Fsp3) is 0.545. The van der Waals surface area contributed by atoms with E-state index in [4.69, 9.17) is 5.11 Å². The second-order valence-corrected chi connectivity index (χ2v) is 5.48. The number of thiazole rings is 1. The van der Waals surface area contributed by atoms with Crippen LogP contribution in [0.5, 0.6) is 0 Å². The van der Waals surface area contributed by atoms with Gasteiger partial charge in [-0.05, 0) is 12.8 Å². The lowest BCUT2D eigenvalue weighted by molar-refractivity contribution is 0.0827. The van der Waals surface area contributed by atoms with Crippen LogP contribution in [0.15, 0.2) is 0 Å². The van der Waals surface area contributed by atoms with Crippen molar-refractivity contribution in [3.63, 3.8) is 0 Å². The van der Waals surface area contributed by atoms with E-state index in [-0.39, 0.29) is 5.91 Å². The van der Waals surface area contributed by atoms with Crippen molar-refractivity contribution in [2.24, 2.45) is 0 Å². The van der Waals surface area contributed by atoms with Crippen molar-refractivity contribution in [1.29, 1.82) is 0 Å². The number of carbonyl (C=O) groups is 2. The summed E-state index contributed by atoms with van der Waals surface area (Å²) in [5.74, 6) is -0.130. The Hall–Kier alpha value is -1.63. The van der Waals surface area contributed by atoms with E-state index >= 15 is 0 Å². The molecule has 0 aromatic carbocycles. The molecule has 1 aliphatic heterocycles. The zero-order valence-corrected chi connectivity index (χ0v) is 11.2. The molecule has 1 N–H and O–H groups in total. The van der Waals surface area contributed by atoms with Gasteiger partial charge < -0.3 is 14.9 Å². The maximum Gasteiger partial charge on any atom is 0.407 e. The van der Waals surface area contributed by atoms with Crippen LogP contribution in [0.2, 0.25) is 0 Å². The van der Waals surface area contributed by atoms with Crippen molar-refractivity contribution >= 4 is 23.3 Å². The minimum absolute atomic E-state index is 0.130. The molecule has 0 unspecified atom stereocenters. The number of hydrogen-bond donors (Lipinski definition) is 1. The van der Waals surface area contributed by atoms with E-state index in [0.29, 0.717) is 18.1 Å². The monoisotopic (exact) mass is 269 g/mol. The predicted molar refractivity (Wildman–Crippen MR) is 66.9 cm³/mol. The molecule has 0 atom stereocenters. The van der Waals surface area contributed by atoms with Crippen molar-refractivity contribution in [2.75, 3.05) is 20.6 Å². The summed E-state index contributed by atoms with van der Waals surface area (Å²) < 4.78 is 0. The van der Waals surface area contributed by atoms with Crippen molar-refractivity contribution in [3.05, 3.63) is 15.6 Å². The first-order chi connectivity index (χ1) is 8.49. The van der Waals surface area contributed by atoms with Gasteiger partial charge in [-0.1, -0.05) is 0 Å². The topological polar surface area (TPSA) is 73.7 Å². The summed E-state index contributed by atoms with van der Waals surface area (Å²) >= 11 is 1.30. The fourth-order valence-corrected chi connectivity index (χ4v) is 2.98. The number of carbonyl (C=O) groups excluding carboxylic acids is 1. The van der Waals surface area contributed by atoms with Gasteiger partial charge in [0.1, 0.15) is 0 Å². The van der Waals surface area contributed by atoms with Gasteiger partial charge in [0.25, 0.3) is 5.91 Å². The molecule has 1 aromatic heterocycles. The smallest absolute Gasteiger partial charge is 0.407 e. The average Bonchev–Trinajstić information content (AvgIpc) is 2.59. The van der Waals surface area contributed by atoms with Crippen molar-refractivity contribution < 1.29 is 14.7 Å². The average molecular weight is 269 g/mol. The van der Waals surface area contributed by atoms with Crippen molar-refractivity contribution in [2.45, 2.75) is 19.4 Å². The van der Waals surface area contributed by atoms with Crippen molar-refractivity contribution in [1.82, 2.24) is 14.8 Å². The Balaban J connectivity index is 2.26. The Labute approximate surface area is 109 Å². The predicted octanol–water partition coefficient (Wildman–Crippen LogP) is 1.27. The number of nitrogens with zero attached hydrogens (tertiary/aromatic N) is 3. The van der Waals surface area contributed by atoms with Gasteiger partial charge in [-0.3, -0.25) is 4.79 Å². The Morgan fingerprint density at radius 3 is 2.78 bits per heavy atom. The SMILES string of the molecule is CN(C)C(=O)c1nc2c(s1)CN(C(=O)O)CCC2. The highest BCUT2D eigenvalue weighted by Crippen LogP contribution is 2.25. The van der Waals surface area contributed by atoms with Crippen LogP contribution in [0.1, 0.15) is 26.8 Å². The summed E-state index contributed by atoms with van der Waals surface area (Å²) in [6, 6.07) is 0. The molecule has 98 valence electrons. The third kappa shape index (κ3) is 2.45. The van der Waals surface area contributed by atoms with E-state index in [1.54, 1.807) is 14.1 Å².